The number of thiophene rings is 1. The van der Waals surface area contributed by atoms with Gasteiger partial charge in [-0.25, -0.2) is 0 Å². The molecule has 172 valence electrons. The Morgan fingerprint density at radius 3 is 2.19 bits per heavy atom. The fraction of sp³-hybridized carbons (Fsp3) is 0.0312. The summed E-state index contributed by atoms with van der Waals surface area (Å²) in [6, 6.07) is 40.4. The molecule has 3 nitrogen and oxygen atoms in total. The van der Waals surface area contributed by atoms with E-state index in [0.29, 0.717) is 0 Å². The van der Waals surface area contributed by atoms with Gasteiger partial charge in [0.05, 0.1) is 15.7 Å². The highest BCUT2D eigenvalue weighted by Crippen LogP contribution is 2.42. The largest absolute Gasteiger partial charge is 0.308 e. The molecule has 2 heterocycles. The molecule has 2 N–H and O–H groups in total. The average Bonchev–Trinajstić information content (AvgIpc) is 3.48. The van der Waals surface area contributed by atoms with E-state index in [1.807, 2.05) is 47.9 Å². The van der Waals surface area contributed by atoms with Crippen LogP contribution in [0.25, 0.3) is 47.7 Å². The first-order valence-corrected chi connectivity index (χ1v) is 12.9. The molecule has 0 saturated heterocycles. The topological polar surface area (TPSA) is 43.3 Å². The zero-order chi connectivity index (χ0) is 24.1. The van der Waals surface area contributed by atoms with Crippen molar-refractivity contribution < 1.29 is 0 Å². The molecular formula is C32H23N3S. The Kier molecular flexibility index (Phi) is 4.95. The summed E-state index contributed by atoms with van der Waals surface area (Å²) in [7, 11) is 0. The summed E-state index contributed by atoms with van der Waals surface area (Å²) in [5.41, 5.74) is 12.0. The van der Waals surface area contributed by atoms with Gasteiger partial charge >= 0.3 is 0 Å². The van der Waals surface area contributed by atoms with Crippen molar-refractivity contribution in [3.63, 3.8) is 0 Å². The van der Waals surface area contributed by atoms with Gasteiger partial charge in [-0.15, -0.1) is 11.3 Å². The van der Waals surface area contributed by atoms with Crippen molar-refractivity contribution in [2.24, 2.45) is 10.7 Å². The minimum Gasteiger partial charge on any atom is -0.308 e. The monoisotopic (exact) mass is 481 g/mol. The quantitative estimate of drug-likeness (QED) is 0.253. The van der Waals surface area contributed by atoms with Crippen molar-refractivity contribution in [3.05, 3.63) is 126 Å². The summed E-state index contributed by atoms with van der Waals surface area (Å²) >= 11 is 1.87. The first kappa shape index (κ1) is 21.1. The number of aliphatic imine (C=N–C) groups is 1. The van der Waals surface area contributed by atoms with Crippen LogP contribution in [0.1, 0.15) is 17.3 Å². The van der Waals surface area contributed by atoms with Crippen LogP contribution >= 0.6 is 11.3 Å². The second-order valence-corrected chi connectivity index (χ2v) is 10.1. The Balaban J connectivity index is 1.39. The number of hydrogen-bond acceptors (Lipinski definition) is 3. The van der Waals surface area contributed by atoms with Gasteiger partial charge < -0.3 is 10.3 Å². The molecule has 2 aromatic heterocycles. The summed E-state index contributed by atoms with van der Waals surface area (Å²) in [5, 5.41) is 5.16. The number of hydrogen-bond donors (Lipinski definition) is 1. The Morgan fingerprint density at radius 1 is 0.667 bits per heavy atom. The molecule has 1 atom stereocenters. The standard InChI is InChI=1S/C32H23N3S/c33-32(34-20-21-8-2-1-3-9-21)22-14-16-23(17-15-22)35-28-12-6-4-10-24(28)26-18-19-27-25-11-5-7-13-29(25)36-31(27)30(26)35/h1-20,32H,33H2. The fourth-order valence-electron chi connectivity index (χ4n) is 5.11. The van der Waals surface area contributed by atoms with E-state index < -0.39 is 6.17 Å². The van der Waals surface area contributed by atoms with Crippen LogP contribution in [0.15, 0.2) is 120 Å². The molecule has 0 aliphatic heterocycles. The third kappa shape index (κ3) is 3.34. The minimum absolute atomic E-state index is 0.410. The average molecular weight is 482 g/mol. The van der Waals surface area contributed by atoms with E-state index in [0.717, 1.165) is 16.8 Å². The molecule has 0 aliphatic carbocycles. The molecular weight excluding hydrogens is 458 g/mol. The number of benzene rings is 5. The first-order valence-electron chi connectivity index (χ1n) is 12.1. The zero-order valence-electron chi connectivity index (χ0n) is 19.5. The van der Waals surface area contributed by atoms with Crippen molar-refractivity contribution in [2.45, 2.75) is 6.17 Å². The van der Waals surface area contributed by atoms with Crippen LogP contribution < -0.4 is 5.73 Å². The SMILES string of the molecule is NC(N=Cc1ccccc1)c1ccc(-n2c3ccccc3c3ccc4c5ccccc5sc4c32)cc1. The molecule has 0 spiro atoms. The number of nitrogens with two attached hydrogens (primary N) is 1. The lowest BCUT2D eigenvalue weighted by Crippen LogP contribution is -2.08. The molecule has 7 rings (SSSR count). The third-order valence-electron chi connectivity index (χ3n) is 6.86. The van der Waals surface area contributed by atoms with Crippen LogP contribution in [-0.4, -0.2) is 10.8 Å². The Morgan fingerprint density at radius 2 is 1.36 bits per heavy atom. The van der Waals surface area contributed by atoms with Gasteiger partial charge in [0.25, 0.3) is 0 Å². The van der Waals surface area contributed by atoms with Crippen LogP contribution in [0.4, 0.5) is 0 Å². The van der Waals surface area contributed by atoms with E-state index in [1.165, 1.54) is 42.0 Å². The molecule has 0 saturated carbocycles. The second-order valence-electron chi connectivity index (χ2n) is 9.01. The number of para-hydroxylation sites is 1. The smallest absolute Gasteiger partial charge is 0.123 e. The molecule has 36 heavy (non-hydrogen) atoms. The maximum atomic E-state index is 6.41. The minimum atomic E-state index is -0.410. The lowest BCUT2D eigenvalue weighted by Gasteiger charge is -2.11. The number of aromatic nitrogens is 1. The highest BCUT2D eigenvalue weighted by molar-refractivity contribution is 7.26. The molecule has 5 aromatic carbocycles. The molecule has 1 unspecified atom stereocenters. The van der Waals surface area contributed by atoms with Gasteiger partial charge in [-0.05, 0) is 35.4 Å². The van der Waals surface area contributed by atoms with Crippen molar-refractivity contribution >= 4 is 59.5 Å². The third-order valence-corrected chi connectivity index (χ3v) is 8.05. The summed E-state index contributed by atoms with van der Waals surface area (Å²) in [6.45, 7) is 0. The molecule has 0 bridgehead atoms. The highest BCUT2D eigenvalue weighted by Gasteiger charge is 2.17. The van der Waals surface area contributed by atoms with Gasteiger partial charge in [0.2, 0.25) is 0 Å². The van der Waals surface area contributed by atoms with Gasteiger partial charge in [-0.2, -0.15) is 0 Å². The van der Waals surface area contributed by atoms with E-state index >= 15 is 0 Å². The van der Waals surface area contributed by atoms with Gasteiger partial charge in [0, 0.05) is 38.1 Å². The van der Waals surface area contributed by atoms with Crippen molar-refractivity contribution in [2.75, 3.05) is 0 Å². The zero-order valence-corrected chi connectivity index (χ0v) is 20.3. The van der Waals surface area contributed by atoms with Gasteiger partial charge in [-0.1, -0.05) is 91.0 Å². The molecule has 7 aromatic rings. The number of fused-ring (bicyclic) bond motifs is 7. The predicted molar refractivity (Wildman–Crippen MR) is 155 cm³/mol. The van der Waals surface area contributed by atoms with Gasteiger partial charge in [0.1, 0.15) is 6.17 Å². The van der Waals surface area contributed by atoms with Gasteiger partial charge in [0.15, 0.2) is 0 Å². The van der Waals surface area contributed by atoms with Gasteiger partial charge in [-0.3, -0.25) is 4.99 Å². The molecule has 4 heteroatoms. The van der Waals surface area contributed by atoms with E-state index in [2.05, 4.69) is 94.5 Å². The molecule has 0 amide bonds. The number of nitrogens with zero attached hydrogens (tertiary/aromatic N) is 2. The van der Waals surface area contributed by atoms with Crippen molar-refractivity contribution in [3.8, 4) is 5.69 Å². The lowest BCUT2D eigenvalue weighted by molar-refractivity contribution is 0.780. The Hall–Kier alpha value is -4.25. The summed E-state index contributed by atoms with van der Waals surface area (Å²) in [6.07, 6.45) is 1.43. The van der Waals surface area contributed by atoms with Crippen LogP contribution in [0.5, 0.6) is 0 Å². The van der Waals surface area contributed by atoms with E-state index in [-0.39, 0.29) is 0 Å². The van der Waals surface area contributed by atoms with Crippen molar-refractivity contribution in [1.82, 2.24) is 4.57 Å². The maximum absolute atomic E-state index is 6.41. The van der Waals surface area contributed by atoms with Crippen LogP contribution in [0.3, 0.4) is 0 Å². The maximum Gasteiger partial charge on any atom is 0.123 e. The predicted octanol–water partition coefficient (Wildman–Crippen LogP) is 8.23. The van der Waals surface area contributed by atoms with Crippen molar-refractivity contribution in [1.29, 1.82) is 0 Å². The van der Waals surface area contributed by atoms with Crippen LogP contribution in [-0.2, 0) is 0 Å². The number of rotatable bonds is 4. The summed E-state index contributed by atoms with van der Waals surface area (Å²) in [4.78, 5) is 4.57. The van der Waals surface area contributed by atoms with E-state index in [1.54, 1.807) is 0 Å². The molecule has 0 aliphatic rings. The highest BCUT2D eigenvalue weighted by atomic mass is 32.1. The molecule has 0 radical (unpaired) electrons. The van der Waals surface area contributed by atoms with E-state index in [4.69, 9.17) is 5.73 Å². The Bertz CT molecular complexity index is 1890. The van der Waals surface area contributed by atoms with Crippen LogP contribution in [0.2, 0.25) is 0 Å². The summed E-state index contributed by atoms with van der Waals surface area (Å²) < 4.78 is 5.03. The summed E-state index contributed by atoms with van der Waals surface area (Å²) in [5.74, 6) is 0. The Labute approximate surface area is 212 Å². The lowest BCUT2D eigenvalue weighted by atomic mass is 10.1. The normalized spacial score (nSPS) is 12.9. The second kappa shape index (κ2) is 8.45. The van der Waals surface area contributed by atoms with Crippen LogP contribution in [0, 0.1) is 0 Å². The first-order chi connectivity index (χ1) is 17.8. The fourth-order valence-corrected chi connectivity index (χ4v) is 6.35. The molecule has 0 fully saturated rings. The van der Waals surface area contributed by atoms with E-state index in [9.17, 15) is 0 Å².